The van der Waals surface area contributed by atoms with Gasteiger partial charge in [0.15, 0.2) is 6.61 Å². The van der Waals surface area contributed by atoms with Crippen molar-refractivity contribution in [3.8, 4) is 11.5 Å². The molecule has 1 rings (SSSR count). The van der Waals surface area contributed by atoms with E-state index in [4.69, 9.17) is 9.84 Å². The van der Waals surface area contributed by atoms with Gasteiger partial charge in [-0.3, -0.25) is 0 Å². The molecule has 4 heteroatoms. The minimum atomic E-state index is -1.04. The molecule has 0 saturated carbocycles. The average molecular weight is 182 g/mol. The van der Waals surface area contributed by atoms with E-state index in [1.54, 1.807) is 19.1 Å². The number of ether oxygens (including phenoxy) is 1. The van der Waals surface area contributed by atoms with Crippen molar-refractivity contribution >= 4 is 5.97 Å². The monoisotopic (exact) mass is 182 g/mol. The molecule has 0 aromatic heterocycles. The Morgan fingerprint density at radius 1 is 1.54 bits per heavy atom. The topological polar surface area (TPSA) is 66.8 Å². The summed E-state index contributed by atoms with van der Waals surface area (Å²) in [5.41, 5.74) is 0.545. The molecule has 0 aliphatic carbocycles. The van der Waals surface area contributed by atoms with Crippen LogP contribution < -0.4 is 4.74 Å². The molecule has 0 spiro atoms. The van der Waals surface area contributed by atoms with Crippen molar-refractivity contribution in [3.63, 3.8) is 0 Å². The van der Waals surface area contributed by atoms with Gasteiger partial charge in [0.25, 0.3) is 0 Å². The second-order valence-electron chi connectivity index (χ2n) is 2.58. The zero-order chi connectivity index (χ0) is 9.84. The molecule has 0 heterocycles. The maximum atomic E-state index is 10.2. The lowest BCUT2D eigenvalue weighted by molar-refractivity contribution is -0.139. The first-order valence-corrected chi connectivity index (χ1v) is 3.74. The third-order valence-electron chi connectivity index (χ3n) is 1.61. The van der Waals surface area contributed by atoms with Crippen LogP contribution in [0.15, 0.2) is 18.2 Å². The first kappa shape index (κ1) is 9.38. The van der Waals surface area contributed by atoms with E-state index in [2.05, 4.69) is 0 Å². The van der Waals surface area contributed by atoms with Crippen LogP contribution in [0.1, 0.15) is 5.56 Å². The van der Waals surface area contributed by atoms with Gasteiger partial charge in [-0.1, -0.05) is 6.07 Å². The number of aliphatic carboxylic acids is 1. The van der Waals surface area contributed by atoms with Crippen LogP contribution >= 0.6 is 0 Å². The maximum Gasteiger partial charge on any atom is 0.341 e. The van der Waals surface area contributed by atoms with Gasteiger partial charge in [-0.15, -0.1) is 0 Å². The van der Waals surface area contributed by atoms with Gasteiger partial charge in [0.2, 0.25) is 0 Å². The first-order valence-electron chi connectivity index (χ1n) is 3.74. The highest BCUT2D eigenvalue weighted by Crippen LogP contribution is 2.25. The van der Waals surface area contributed by atoms with Gasteiger partial charge in [-0.2, -0.15) is 0 Å². The fourth-order valence-corrected chi connectivity index (χ4v) is 0.899. The van der Waals surface area contributed by atoms with Gasteiger partial charge in [0.05, 0.1) is 0 Å². The summed E-state index contributed by atoms with van der Waals surface area (Å²) in [6.45, 7) is 1.26. The summed E-state index contributed by atoms with van der Waals surface area (Å²) >= 11 is 0. The van der Waals surface area contributed by atoms with Crippen molar-refractivity contribution in [2.24, 2.45) is 0 Å². The third kappa shape index (κ3) is 2.37. The van der Waals surface area contributed by atoms with Crippen LogP contribution in [-0.2, 0) is 4.79 Å². The Bertz CT molecular complexity index is 319. The number of hydrogen-bond acceptors (Lipinski definition) is 3. The fourth-order valence-electron chi connectivity index (χ4n) is 0.899. The number of rotatable bonds is 3. The molecule has 2 N–H and O–H groups in total. The normalized spacial score (nSPS) is 9.62. The molecule has 0 saturated heterocycles. The van der Waals surface area contributed by atoms with Crippen molar-refractivity contribution in [2.75, 3.05) is 6.61 Å². The molecule has 1 aromatic rings. The van der Waals surface area contributed by atoms with Gasteiger partial charge < -0.3 is 14.9 Å². The molecule has 0 fully saturated rings. The van der Waals surface area contributed by atoms with Crippen LogP contribution in [0.4, 0.5) is 0 Å². The predicted molar refractivity (Wildman–Crippen MR) is 46.0 cm³/mol. The maximum absolute atomic E-state index is 10.2. The lowest BCUT2D eigenvalue weighted by Gasteiger charge is -2.07. The summed E-state index contributed by atoms with van der Waals surface area (Å²) < 4.78 is 4.92. The standard InChI is InChI=1S/C9H10O4/c1-6-7(10)3-2-4-8(6)13-5-9(11)12/h2-4,10H,5H2,1H3,(H,11,12). The Morgan fingerprint density at radius 2 is 2.23 bits per heavy atom. The number of aromatic hydroxyl groups is 1. The highest BCUT2D eigenvalue weighted by atomic mass is 16.5. The van der Waals surface area contributed by atoms with E-state index in [1.807, 2.05) is 0 Å². The second kappa shape index (κ2) is 3.80. The van der Waals surface area contributed by atoms with Crippen LogP contribution in [0.25, 0.3) is 0 Å². The summed E-state index contributed by atoms with van der Waals surface area (Å²) in [5, 5.41) is 17.6. The van der Waals surface area contributed by atoms with Crippen molar-refractivity contribution in [3.05, 3.63) is 23.8 Å². The van der Waals surface area contributed by atoms with E-state index in [0.29, 0.717) is 11.3 Å². The van der Waals surface area contributed by atoms with Crippen LogP contribution in [-0.4, -0.2) is 22.8 Å². The fraction of sp³-hybridized carbons (Fsp3) is 0.222. The predicted octanol–water partition coefficient (Wildman–Crippen LogP) is 1.16. The van der Waals surface area contributed by atoms with Crippen molar-refractivity contribution in [2.45, 2.75) is 6.92 Å². The Labute approximate surface area is 75.4 Å². The highest BCUT2D eigenvalue weighted by Gasteiger charge is 2.04. The van der Waals surface area contributed by atoms with Crippen LogP contribution in [0.3, 0.4) is 0 Å². The second-order valence-corrected chi connectivity index (χ2v) is 2.58. The molecular weight excluding hydrogens is 172 g/mol. The number of carboxylic acids is 1. The van der Waals surface area contributed by atoms with Gasteiger partial charge in [-0.25, -0.2) is 4.79 Å². The highest BCUT2D eigenvalue weighted by molar-refractivity contribution is 5.68. The molecule has 0 atom stereocenters. The quantitative estimate of drug-likeness (QED) is 0.736. The Balaban J connectivity index is 2.77. The number of phenols is 1. The summed E-state index contributed by atoms with van der Waals surface area (Å²) in [4.78, 5) is 10.2. The lowest BCUT2D eigenvalue weighted by atomic mass is 10.2. The molecule has 0 aliphatic rings. The summed E-state index contributed by atoms with van der Waals surface area (Å²) in [5.74, 6) is -0.548. The minimum Gasteiger partial charge on any atom is -0.508 e. The molecule has 13 heavy (non-hydrogen) atoms. The van der Waals surface area contributed by atoms with Gasteiger partial charge in [-0.05, 0) is 19.1 Å². The number of carboxylic acid groups (broad SMARTS) is 1. The Morgan fingerprint density at radius 3 is 2.85 bits per heavy atom. The molecule has 1 aromatic carbocycles. The Kier molecular flexibility index (Phi) is 2.74. The summed E-state index contributed by atoms with van der Waals surface area (Å²) in [6.07, 6.45) is 0. The lowest BCUT2D eigenvalue weighted by Crippen LogP contribution is -2.09. The van der Waals surface area contributed by atoms with Gasteiger partial charge in [0.1, 0.15) is 11.5 Å². The largest absolute Gasteiger partial charge is 0.508 e. The van der Waals surface area contributed by atoms with Crippen molar-refractivity contribution in [1.82, 2.24) is 0 Å². The molecule has 70 valence electrons. The zero-order valence-corrected chi connectivity index (χ0v) is 7.15. The molecule has 0 amide bonds. The smallest absolute Gasteiger partial charge is 0.341 e. The number of hydrogen-bond donors (Lipinski definition) is 2. The Hall–Kier alpha value is -1.71. The SMILES string of the molecule is Cc1c(O)cccc1OCC(=O)O. The van der Waals surface area contributed by atoms with E-state index in [9.17, 15) is 9.90 Å². The molecule has 0 aliphatic heterocycles. The van der Waals surface area contributed by atoms with Gasteiger partial charge >= 0.3 is 5.97 Å². The molecule has 0 radical (unpaired) electrons. The van der Waals surface area contributed by atoms with Crippen LogP contribution in [0, 0.1) is 6.92 Å². The van der Waals surface area contributed by atoms with Gasteiger partial charge in [0, 0.05) is 5.56 Å². The zero-order valence-electron chi connectivity index (χ0n) is 7.15. The van der Waals surface area contributed by atoms with E-state index >= 15 is 0 Å². The number of phenolic OH excluding ortho intramolecular Hbond substituents is 1. The number of benzene rings is 1. The molecular formula is C9H10O4. The minimum absolute atomic E-state index is 0.0999. The van der Waals surface area contributed by atoms with E-state index in [0.717, 1.165) is 0 Å². The molecule has 0 unspecified atom stereocenters. The summed E-state index contributed by atoms with van der Waals surface area (Å²) in [7, 11) is 0. The number of carbonyl (C=O) groups is 1. The summed E-state index contributed by atoms with van der Waals surface area (Å²) in [6, 6.07) is 4.72. The first-order chi connectivity index (χ1) is 6.11. The molecule has 4 nitrogen and oxygen atoms in total. The molecule has 0 bridgehead atoms. The van der Waals surface area contributed by atoms with Crippen molar-refractivity contribution in [1.29, 1.82) is 0 Å². The van der Waals surface area contributed by atoms with Crippen molar-refractivity contribution < 1.29 is 19.7 Å². The van der Waals surface area contributed by atoms with Crippen LogP contribution in [0.2, 0.25) is 0 Å². The average Bonchev–Trinajstić information content (AvgIpc) is 2.07. The van der Waals surface area contributed by atoms with E-state index < -0.39 is 12.6 Å². The van der Waals surface area contributed by atoms with Crippen LogP contribution in [0.5, 0.6) is 11.5 Å². The van der Waals surface area contributed by atoms with E-state index in [-0.39, 0.29) is 5.75 Å². The van der Waals surface area contributed by atoms with E-state index in [1.165, 1.54) is 6.07 Å². The third-order valence-corrected chi connectivity index (χ3v) is 1.61.